The van der Waals surface area contributed by atoms with E-state index in [4.69, 9.17) is 0 Å². The first kappa shape index (κ1) is 19.4. The first-order valence-corrected chi connectivity index (χ1v) is 7.35. The second-order valence-electron chi connectivity index (χ2n) is 5.33. The second kappa shape index (κ2) is 9.50. The first-order valence-electron chi connectivity index (χ1n) is 7.35. The van der Waals surface area contributed by atoms with Crippen molar-refractivity contribution in [1.82, 2.24) is 15.6 Å². The summed E-state index contributed by atoms with van der Waals surface area (Å²) in [7, 11) is 0. The van der Waals surface area contributed by atoms with E-state index in [0.717, 1.165) is 37.1 Å². The van der Waals surface area contributed by atoms with Crippen LogP contribution in [0.4, 0.5) is 0 Å². The van der Waals surface area contributed by atoms with E-state index in [0.29, 0.717) is 5.56 Å². The van der Waals surface area contributed by atoms with Gasteiger partial charge in [0.15, 0.2) is 0 Å². The lowest BCUT2D eigenvalue weighted by molar-refractivity contribution is 0.0929. The van der Waals surface area contributed by atoms with Gasteiger partial charge in [-0.15, -0.1) is 24.8 Å². The van der Waals surface area contributed by atoms with Gasteiger partial charge in [0.25, 0.3) is 5.91 Å². The molecule has 6 heteroatoms. The van der Waals surface area contributed by atoms with E-state index >= 15 is 0 Å². The molecule has 0 aliphatic carbocycles. The fraction of sp³-hybridized carbons (Fsp3) is 0.294. The number of amides is 1. The van der Waals surface area contributed by atoms with Gasteiger partial charge in [0.1, 0.15) is 0 Å². The van der Waals surface area contributed by atoms with Crippen molar-refractivity contribution in [2.75, 3.05) is 13.1 Å². The van der Waals surface area contributed by atoms with Crippen LogP contribution in [0.15, 0.2) is 48.8 Å². The lowest BCUT2D eigenvalue weighted by Gasteiger charge is -2.23. The molecule has 2 N–H and O–H groups in total. The topological polar surface area (TPSA) is 54.0 Å². The highest BCUT2D eigenvalue weighted by Crippen LogP contribution is 2.19. The van der Waals surface area contributed by atoms with E-state index in [1.165, 1.54) is 0 Å². The van der Waals surface area contributed by atoms with Crippen LogP contribution in [-0.4, -0.2) is 30.0 Å². The first-order chi connectivity index (χ1) is 10.3. The lowest BCUT2D eigenvalue weighted by atomic mass is 10.0. The van der Waals surface area contributed by atoms with Gasteiger partial charge in [-0.1, -0.05) is 30.3 Å². The Balaban J connectivity index is 0.00000132. The average Bonchev–Trinajstić information content (AvgIpc) is 2.57. The molecule has 124 valence electrons. The number of carbonyl (C=O) groups is 1. The maximum Gasteiger partial charge on any atom is 0.253 e. The molecule has 1 saturated heterocycles. The van der Waals surface area contributed by atoms with Gasteiger partial charge in [-0.25, -0.2) is 0 Å². The van der Waals surface area contributed by atoms with Gasteiger partial charge < -0.3 is 10.6 Å². The molecule has 23 heavy (non-hydrogen) atoms. The molecule has 0 bridgehead atoms. The van der Waals surface area contributed by atoms with E-state index in [1.807, 2.05) is 36.4 Å². The Bertz CT molecular complexity index is 616. The molecule has 1 aliphatic rings. The van der Waals surface area contributed by atoms with Gasteiger partial charge in [-0.2, -0.15) is 0 Å². The summed E-state index contributed by atoms with van der Waals surface area (Å²) >= 11 is 0. The lowest BCUT2D eigenvalue weighted by Crippen LogP contribution is -2.42. The predicted molar refractivity (Wildman–Crippen MR) is 97.5 cm³/mol. The Morgan fingerprint density at radius 3 is 2.43 bits per heavy atom. The summed E-state index contributed by atoms with van der Waals surface area (Å²) in [4.78, 5) is 16.5. The molecular weight excluding hydrogens is 333 g/mol. The third-order valence-corrected chi connectivity index (χ3v) is 3.78. The maximum atomic E-state index is 12.3. The number of carbonyl (C=O) groups excluding carboxylic acids is 1. The van der Waals surface area contributed by atoms with Gasteiger partial charge in [-0.3, -0.25) is 9.78 Å². The number of hydrogen-bond donors (Lipinski definition) is 2. The Hall–Kier alpha value is -1.62. The van der Waals surface area contributed by atoms with Crippen molar-refractivity contribution < 1.29 is 4.79 Å². The zero-order valence-electron chi connectivity index (χ0n) is 12.7. The molecule has 2 aromatic rings. The molecule has 1 aromatic carbocycles. The predicted octanol–water partition coefficient (Wildman–Crippen LogP) is 3.07. The monoisotopic (exact) mass is 353 g/mol. The highest BCUT2D eigenvalue weighted by Gasteiger charge is 2.16. The Morgan fingerprint density at radius 1 is 1.04 bits per heavy atom. The molecule has 3 rings (SSSR count). The number of rotatable bonds is 3. The molecule has 0 spiro atoms. The minimum absolute atomic E-state index is 0. The zero-order valence-corrected chi connectivity index (χ0v) is 14.3. The second-order valence-corrected chi connectivity index (χ2v) is 5.33. The van der Waals surface area contributed by atoms with E-state index in [1.54, 1.807) is 12.4 Å². The quantitative estimate of drug-likeness (QED) is 0.891. The summed E-state index contributed by atoms with van der Waals surface area (Å²) in [5.74, 6) is -0.0350. The molecule has 4 nitrogen and oxygen atoms in total. The molecule has 0 radical (unpaired) electrons. The number of pyridine rings is 1. The standard InChI is InChI=1S/C17H19N3O.2ClH/c21-17(20-16-6-8-18-9-7-16)15-10-14(11-19-12-15)13-4-2-1-3-5-13;;/h1-5,10-12,16,18H,6-9H2,(H,20,21);2*1H. The SMILES string of the molecule is Cl.Cl.O=C(NC1CCNCC1)c1cncc(-c2ccccc2)c1. The molecular formula is C17H21Cl2N3O. The van der Waals surface area contributed by atoms with Crippen molar-refractivity contribution in [3.05, 3.63) is 54.4 Å². The molecule has 0 atom stereocenters. The van der Waals surface area contributed by atoms with E-state index in [-0.39, 0.29) is 36.8 Å². The van der Waals surface area contributed by atoms with Crippen molar-refractivity contribution in [2.24, 2.45) is 0 Å². The number of hydrogen-bond acceptors (Lipinski definition) is 3. The zero-order chi connectivity index (χ0) is 14.5. The number of nitrogens with one attached hydrogen (secondary N) is 2. The van der Waals surface area contributed by atoms with E-state index < -0.39 is 0 Å². The fourth-order valence-electron chi connectivity index (χ4n) is 2.59. The van der Waals surface area contributed by atoms with Crippen molar-refractivity contribution in [2.45, 2.75) is 18.9 Å². The summed E-state index contributed by atoms with van der Waals surface area (Å²) in [6, 6.07) is 12.1. The van der Waals surface area contributed by atoms with Crippen LogP contribution in [0.2, 0.25) is 0 Å². The van der Waals surface area contributed by atoms with Gasteiger partial charge >= 0.3 is 0 Å². The smallest absolute Gasteiger partial charge is 0.253 e. The summed E-state index contributed by atoms with van der Waals surface area (Å²) in [6.45, 7) is 1.93. The maximum absolute atomic E-state index is 12.3. The third kappa shape index (κ3) is 5.20. The van der Waals surface area contributed by atoms with Gasteiger partial charge in [0.05, 0.1) is 5.56 Å². The molecule has 1 aromatic heterocycles. The molecule has 2 heterocycles. The summed E-state index contributed by atoms with van der Waals surface area (Å²) in [5.41, 5.74) is 2.66. The van der Waals surface area contributed by atoms with Crippen LogP contribution in [0.25, 0.3) is 11.1 Å². The summed E-state index contributed by atoms with van der Waals surface area (Å²) in [5, 5.41) is 6.39. The number of benzene rings is 1. The molecule has 1 amide bonds. The number of aromatic nitrogens is 1. The molecule has 1 fully saturated rings. The fourth-order valence-corrected chi connectivity index (χ4v) is 2.59. The highest BCUT2D eigenvalue weighted by atomic mass is 35.5. The average molecular weight is 354 g/mol. The van der Waals surface area contributed by atoms with E-state index in [2.05, 4.69) is 15.6 Å². The van der Waals surface area contributed by atoms with Crippen LogP contribution < -0.4 is 10.6 Å². The Morgan fingerprint density at radius 2 is 1.74 bits per heavy atom. The largest absolute Gasteiger partial charge is 0.349 e. The Labute approximate surface area is 148 Å². The number of piperidine rings is 1. The van der Waals surface area contributed by atoms with Gasteiger partial charge in [0, 0.05) is 24.0 Å². The number of nitrogens with zero attached hydrogens (tertiary/aromatic N) is 1. The molecule has 1 aliphatic heterocycles. The van der Waals surface area contributed by atoms with E-state index in [9.17, 15) is 4.79 Å². The van der Waals surface area contributed by atoms with Crippen LogP contribution in [-0.2, 0) is 0 Å². The highest BCUT2D eigenvalue weighted by molar-refractivity contribution is 5.95. The normalized spacial score (nSPS) is 14.3. The Kier molecular flexibility index (Phi) is 8.03. The van der Waals surface area contributed by atoms with Crippen LogP contribution in [0, 0.1) is 0 Å². The van der Waals surface area contributed by atoms with Crippen LogP contribution in [0.1, 0.15) is 23.2 Å². The van der Waals surface area contributed by atoms with Crippen molar-refractivity contribution in [1.29, 1.82) is 0 Å². The third-order valence-electron chi connectivity index (χ3n) is 3.78. The molecule has 0 saturated carbocycles. The summed E-state index contributed by atoms with van der Waals surface area (Å²) in [6.07, 6.45) is 5.38. The van der Waals surface area contributed by atoms with Crippen LogP contribution in [0.3, 0.4) is 0 Å². The van der Waals surface area contributed by atoms with Crippen molar-refractivity contribution >= 4 is 30.7 Å². The minimum Gasteiger partial charge on any atom is -0.349 e. The van der Waals surface area contributed by atoms with Crippen molar-refractivity contribution in [3.8, 4) is 11.1 Å². The minimum atomic E-state index is -0.0350. The summed E-state index contributed by atoms with van der Waals surface area (Å²) < 4.78 is 0. The molecule has 0 unspecified atom stereocenters. The number of halogens is 2. The van der Waals surface area contributed by atoms with Crippen molar-refractivity contribution in [3.63, 3.8) is 0 Å². The van der Waals surface area contributed by atoms with Crippen LogP contribution >= 0.6 is 24.8 Å². The van der Waals surface area contributed by atoms with Gasteiger partial charge in [-0.05, 0) is 37.6 Å². The van der Waals surface area contributed by atoms with Gasteiger partial charge in [0.2, 0.25) is 0 Å². The van der Waals surface area contributed by atoms with Crippen LogP contribution in [0.5, 0.6) is 0 Å².